The van der Waals surface area contributed by atoms with Crippen molar-refractivity contribution in [1.82, 2.24) is 0 Å². The fourth-order valence-electron chi connectivity index (χ4n) is 2.40. The zero-order valence-corrected chi connectivity index (χ0v) is 7.33. The molecule has 1 fully saturated rings. The van der Waals surface area contributed by atoms with Crippen LogP contribution in [-0.4, -0.2) is 22.9 Å². The van der Waals surface area contributed by atoms with Gasteiger partial charge in [-0.05, 0) is 18.3 Å². The number of aliphatic hydroxyl groups excluding tert-OH is 2. The Morgan fingerprint density at radius 3 is 2.36 bits per heavy atom. The van der Waals surface area contributed by atoms with Crippen LogP contribution < -0.4 is 0 Å². The highest BCUT2D eigenvalue weighted by Gasteiger charge is 2.38. The van der Waals surface area contributed by atoms with Crippen molar-refractivity contribution in [1.29, 1.82) is 0 Å². The first-order valence-corrected chi connectivity index (χ1v) is 4.49. The number of hydrogen-bond donors (Lipinski definition) is 2. The Morgan fingerprint density at radius 2 is 2.00 bits per heavy atom. The van der Waals surface area contributed by atoms with Crippen LogP contribution in [0.4, 0.5) is 0 Å². The summed E-state index contributed by atoms with van der Waals surface area (Å²) in [6, 6.07) is 0. The first-order valence-electron chi connectivity index (χ1n) is 4.49. The molecule has 0 aliphatic heterocycles. The summed E-state index contributed by atoms with van der Waals surface area (Å²) in [6.45, 7) is 4.43. The monoisotopic (exact) mass is 158 g/mol. The second-order valence-electron chi connectivity index (χ2n) is 3.70. The number of aliphatic hydroxyl groups is 2. The van der Waals surface area contributed by atoms with Crippen LogP contribution in [0.25, 0.3) is 0 Å². The van der Waals surface area contributed by atoms with Crippen molar-refractivity contribution < 1.29 is 10.2 Å². The standard InChI is InChI=1S/C9H18O2/c1-3-7-6(2)4-9(11)8(7)5-10/h6-11H,3-5H2,1-2H3/t6-,7+,8?,9+/m0/s1. The first kappa shape index (κ1) is 9.01. The van der Waals surface area contributed by atoms with Gasteiger partial charge in [0.25, 0.3) is 0 Å². The first-order chi connectivity index (χ1) is 5.20. The van der Waals surface area contributed by atoms with Crippen molar-refractivity contribution in [3.05, 3.63) is 0 Å². The highest BCUT2D eigenvalue weighted by molar-refractivity contribution is 4.87. The Hall–Kier alpha value is -0.0800. The van der Waals surface area contributed by atoms with Gasteiger partial charge in [-0.3, -0.25) is 0 Å². The molecule has 2 N–H and O–H groups in total. The minimum Gasteiger partial charge on any atom is -0.396 e. The second-order valence-corrected chi connectivity index (χ2v) is 3.70. The van der Waals surface area contributed by atoms with Crippen LogP contribution in [0.5, 0.6) is 0 Å². The molecule has 2 nitrogen and oxygen atoms in total. The van der Waals surface area contributed by atoms with Crippen molar-refractivity contribution in [2.24, 2.45) is 17.8 Å². The molecule has 0 aromatic heterocycles. The third kappa shape index (κ3) is 1.57. The van der Waals surface area contributed by atoms with Gasteiger partial charge >= 0.3 is 0 Å². The fraction of sp³-hybridized carbons (Fsp3) is 1.00. The van der Waals surface area contributed by atoms with Crippen LogP contribution >= 0.6 is 0 Å². The van der Waals surface area contributed by atoms with E-state index in [-0.39, 0.29) is 18.6 Å². The molecule has 0 heterocycles. The summed E-state index contributed by atoms with van der Waals surface area (Å²) in [4.78, 5) is 0. The average molecular weight is 158 g/mol. The molecule has 0 saturated heterocycles. The third-order valence-electron chi connectivity index (χ3n) is 3.07. The zero-order valence-electron chi connectivity index (χ0n) is 7.33. The maximum atomic E-state index is 9.50. The number of hydrogen-bond acceptors (Lipinski definition) is 2. The molecule has 2 heteroatoms. The lowest BCUT2D eigenvalue weighted by Gasteiger charge is -2.19. The Bertz CT molecular complexity index is 111. The van der Waals surface area contributed by atoms with Crippen molar-refractivity contribution in [3.63, 3.8) is 0 Å². The van der Waals surface area contributed by atoms with E-state index in [0.717, 1.165) is 12.8 Å². The van der Waals surface area contributed by atoms with E-state index >= 15 is 0 Å². The molecule has 0 amide bonds. The molecular weight excluding hydrogens is 140 g/mol. The van der Waals surface area contributed by atoms with E-state index in [0.29, 0.717) is 11.8 Å². The van der Waals surface area contributed by atoms with E-state index in [4.69, 9.17) is 5.11 Å². The topological polar surface area (TPSA) is 40.5 Å². The zero-order chi connectivity index (χ0) is 8.43. The van der Waals surface area contributed by atoms with Gasteiger partial charge in [0.2, 0.25) is 0 Å². The quantitative estimate of drug-likeness (QED) is 0.630. The summed E-state index contributed by atoms with van der Waals surface area (Å²) in [7, 11) is 0. The summed E-state index contributed by atoms with van der Waals surface area (Å²) in [5, 5.41) is 18.5. The van der Waals surface area contributed by atoms with Gasteiger partial charge in [0.05, 0.1) is 6.10 Å². The Labute approximate surface area is 68.2 Å². The van der Waals surface area contributed by atoms with E-state index in [2.05, 4.69) is 13.8 Å². The molecule has 0 aromatic carbocycles. The third-order valence-corrected chi connectivity index (χ3v) is 3.07. The maximum absolute atomic E-state index is 9.50. The molecule has 11 heavy (non-hydrogen) atoms. The highest BCUT2D eigenvalue weighted by atomic mass is 16.3. The largest absolute Gasteiger partial charge is 0.396 e. The molecule has 0 aromatic rings. The van der Waals surface area contributed by atoms with Crippen LogP contribution in [0.2, 0.25) is 0 Å². The second kappa shape index (κ2) is 3.55. The predicted molar refractivity (Wildman–Crippen MR) is 44.1 cm³/mol. The van der Waals surface area contributed by atoms with Crippen LogP contribution in [0.1, 0.15) is 26.7 Å². The molecule has 66 valence electrons. The van der Waals surface area contributed by atoms with E-state index in [1.54, 1.807) is 0 Å². The summed E-state index contributed by atoms with van der Waals surface area (Å²) in [6.07, 6.45) is 1.67. The lowest BCUT2D eigenvalue weighted by molar-refractivity contribution is 0.0707. The van der Waals surface area contributed by atoms with E-state index < -0.39 is 0 Å². The molecule has 1 unspecified atom stereocenters. The highest BCUT2D eigenvalue weighted by Crippen LogP contribution is 2.38. The molecule has 0 spiro atoms. The Kier molecular flexibility index (Phi) is 2.90. The van der Waals surface area contributed by atoms with Gasteiger partial charge in [-0.1, -0.05) is 20.3 Å². The van der Waals surface area contributed by atoms with Crippen LogP contribution in [0, 0.1) is 17.8 Å². The molecule has 0 bridgehead atoms. The van der Waals surface area contributed by atoms with Crippen molar-refractivity contribution in [2.75, 3.05) is 6.61 Å². The van der Waals surface area contributed by atoms with Gasteiger partial charge in [-0.25, -0.2) is 0 Å². The summed E-state index contributed by atoms with van der Waals surface area (Å²) in [5.41, 5.74) is 0. The molecular formula is C9H18O2. The Balaban J connectivity index is 2.59. The van der Waals surface area contributed by atoms with Crippen LogP contribution in [0.15, 0.2) is 0 Å². The van der Waals surface area contributed by atoms with Gasteiger partial charge in [0.15, 0.2) is 0 Å². The summed E-state index contributed by atoms with van der Waals surface area (Å²) < 4.78 is 0. The van der Waals surface area contributed by atoms with Crippen molar-refractivity contribution in [2.45, 2.75) is 32.8 Å². The van der Waals surface area contributed by atoms with Crippen molar-refractivity contribution >= 4 is 0 Å². The summed E-state index contributed by atoms with van der Waals surface area (Å²) >= 11 is 0. The van der Waals surface area contributed by atoms with Gasteiger partial charge in [-0.2, -0.15) is 0 Å². The SMILES string of the molecule is CC[C@H]1C(CO)[C@H](O)C[C@@H]1C. The summed E-state index contributed by atoms with van der Waals surface area (Å²) in [5.74, 6) is 1.23. The predicted octanol–water partition coefficient (Wildman–Crippen LogP) is 1.02. The van der Waals surface area contributed by atoms with E-state index in [1.807, 2.05) is 0 Å². The normalized spacial score (nSPS) is 44.7. The molecule has 1 aliphatic carbocycles. The van der Waals surface area contributed by atoms with E-state index in [1.165, 1.54) is 0 Å². The molecule has 0 radical (unpaired) electrons. The average Bonchev–Trinajstić information content (AvgIpc) is 2.24. The minimum atomic E-state index is -0.264. The van der Waals surface area contributed by atoms with Gasteiger partial charge in [-0.15, -0.1) is 0 Å². The van der Waals surface area contributed by atoms with Gasteiger partial charge < -0.3 is 10.2 Å². The van der Waals surface area contributed by atoms with E-state index in [9.17, 15) is 5.11 Å². The lowest BCUT2D eigenvalue weighted by Crippen LogP contribution is -2.23. The number of rotatable bonds is 2. The van der Waals surface area contributed by atoms with Crippen molar-refractivity contribution in [3.8, 4) is 0 Å². The molecule has 1 rings (SSSR count). The maximum Gasteiger partial charge on any atom is 0.0595 e. The smallest absolute Gasteiger partial charge is 0.0595 e. The molecule has 1 saturated carbocycles. The van der Waals surface area contributed by atoms with Gasteiger partial charge in [0, 0.05) is 12.5 Å². The molecule has 1 aliphatic rings. The fourth-order valence-corrected chi connectivity index (χ4v) is 2.40. The lowest BCUT2D eigenvalue weighted by atomic mass is 9.88. The minimum absolute atomic E-state index is 0.134. The van der Waals surface area contributed by atoms with Crippen LogP contribution in [0.3, 0.4) is 0 Å². The van der Waals surface area contributed by atoms with Gasteiger partial charge in [0.1, 0.15) is 0 Å². The molecule has 4 atom stereocenters. The Morgan fingerprint density at radius 1 is 1.36 bits per heavy atom. The van der Waals surface area contributed by atoms with Crippen LogP contribution in [-0.2, 0) is 0 Å².